The summed E-state index contributed by atoms with van der Waals surface area (Å²) < 4.78 is 15.9. The van der Waals surface area contributed by atoms with E-state index in [2.05, 4.69) is 15.5 Å². The van der Waals surface area contributed by atoms with Gasteiger partial charge in [-0.3, -0.25) is 10.1 Å². The van der Waals surface area contributed by atoms with Gasteiger partial charge >= 0.3 is 6.01 Å². The van der Waals surface area contributed by atoms with Crippen LogP contribution in [0, 0.1) is 0 Å². The van der Waals surface area contributed by atoms with Gasteiger partial charge < -0.3 is 13.9 Å². The lowest BCUT2D eigenvalue weighted by atomic mass is 10.2. The Labute approximate surface area is 158 Å². The van der Waals surface area contributed by atoms with Crippen molar-refractivity contribution < 1.29 is 18.7 Å². The van der Waals surface area contributed by atoms with Gasteiger partial charge in [-0.05, 0) is 30.3 Å². The molecular weight excluding hydrogens is 381 g/mol. The summed E-state index contributed by atoms with van der Waals surface area (Å²) >= 11 is 11.8. The van der Waals surface area contributed by atoms with Crippen molar-refractivity contribution in [3.8, 4) is 23.0 Å². The molecule has 2 aromatic carbocycles. The van der Waals surface area contributed by atoms with Crippen LogP contribution in [0.5, 0.6) is 11.5 Å². The third-order valence-corrected chi connectivity index (χ3v) is 3.85. The summed E-state index contributed by atoms with van der Waals surface area (Å²) in [6, 6.07) is 9.55. The molecule has 0 saturated carbocycles. The Morgan fingerprint density at radius 2 is 1.77 bits per heavy atom. The van der Waals surface area contributed by atoms with Crippen LogP contribution in [-0.4, -0.2) is 30.3 Å². The van der Waals surface area contributed by atoms with E-state index in [-0.39, 0.29) is 17.5 Å². The minimum absolute atomic E-state index is 0.0704. The third-order valence-electron chi connectivity index (χ3n) is 3.41. The van der Waals surface area contributed by atoms with E-state index >= 15 is 0 Å². The zero-order chi connectivity index (χ0) is 18.7. The summed E-state index contributed by atoms with van der Waals surface area (Å²) in [5, 5.41) is 10.9. The van der Waals surface area contributed by atoms with Gasteiger partial charge in [-0.25, -0.2) is 0 Å². The number of nitrogens with one attached hydrogen (secondary N) is 1. The summed E-state index contributed by atoms with van der Waals surface area (Å²) in [5.74, 6) is 0.819. The number of nitrogens with zero attached hydrogens (tertiary/aromatic N) is 2. The summed E-state index contributed by atoms with van der Waals surface area (Å²) in [6.07, 6.45) is 0. The Kier molecular flexibility index (Phi) is 5.29. The van der Waals surface area contributed by atoms with Gasteiger partial charge in [0.1, 0.15) is 11.5 Å². The molecule has 3 rings (SSSR count). The maximum atomic E-state index is 12.3. The SMILES string of the molecule is COc1ccc(-c2nnc(NC(=O)c3cc(Cl)cc(Cl)c3)o2)c(OC)c1. The van der Waals surface area contributed by atoms with Crippen LogP contribution in [0.2, 0.25) is 10.0 Å². The number of ether oxygens (including phenoxy) is 2. The van der Waals surface area contributed by atoms with E-state index in [1.165, 1.54) is 25.3 Å². The van der Waals surface area contributed by atoms with Gasteiger partial charge in [0.2, 0.25) is 0 Å². The van der Waals surface area contributed by atoms with Crippen LogP contribution in [0.3, 0.4) is 0 Å². The van der Waals surface area contributed by atoms with Crippen molar-refractivity contribution in [1.82, 2.24) is 10.2 Å². The molecule has 3 aromatic rings. The maximum Gasteiger partial charge on any atom is 0.322 e. The highest BCUT2D eigenvalue weighted by Gasteiger charge is 2.17. The Balaban J connectivity index is 1.83. The van der Waals surface area contributed by atoms with Gasteiger partial charge in [-0.15, -0.1) is 5.10 Å². The average molecular weight is 394 g/mol. The Morgan fingerprint density at radius 1 is 1.04 bits per heavy atom. The molecule has 1 heterocycles. The zero-order valence-electron chi connectivity index (χ0n) is 13.7. The molecule has 0 spiro atoms. The number of carbonyl (C=O) groups is 1. The monoisotopic (exact) mass is 393 g/mol. The van der Waals surface area contributed by atoms with Gasteiger partial charge in [-0.1, -0.05) is 28.3 Å². The number of hydrogen-bond acceptors (Lipinski definition) is 6. The third kappa shape index (κ3) is 3.89. The van der Waals surface area contributed by atoms with Crippen LogP contribution in [0.4, 0.5) is 6.01 Å². The van der Waals surface area contributed by atoms with Crippen LogP contribution < -0.4 is 14.8 Å². The molecule has 1 amide bonds. The highest BCUT2D eigenvalue weighted by Crippen LogP contribution is 2.33. The van der Waals surface area contributed by atoms with E-state index in [4.69, 9.17) is 37.1 Å². The second-order valence-electron chi connectivity index (χ2n) is 5.09. The fourth-order valence-corrected chi connectivity index (χ4v) is 2.74. The number of anilines is 1. The van der Waals surface area contributed by atoms with E-state index in [0.29, 0.717) is 27.1 Å². The molecular formula is C17H13Cl2N3O4. The molecule has 1 aromatic heterocycles. The number of rotatable bonds is 5. The Bertz CT molecular complexity index is 939. The first-order valence-corrected chi connectivity index (χ1v) is 8.09. The predicted octanol–water partition coefficient (Wildman–Crippen LogP) is 4.31. The molecule has 134 valence electrons. The predicted molar refractivity (Wildman–Crippen MR) is 97.3 cm³/mol. The largest absolute Gasteiger partial charge is 0.497 e. The normalized spacial score (nSPS) is 10.5. The van der Waals surface area contributed by atoms with E-state index in [0.717, 1.165) is 0 Å². The molecule has 0 aliphatic carbocycles. The molecule has 0 unspecified atom stereocenters. The highest BCUT2D eigenvalue weighted by atomic mass is 35.5. The number of aromatic nitrogens is 2. The molecule has 26 heavy (non-hydrogen) atoms. The number of hydrogen-bond donors (Lipinski definition) is 1. The lowest BCUT2D eigenvalue weighted by Crippen LogP contribution is -2.12. The summed E-state index contributed by atoms with van der Waals surface area (Å²) in [5.41, 5.74) is 0.830. The maximum absolute atomic E-state index is 12.3. The summed E-state index contributed by atoms with van der Waals surface area (Å²) in [4.78, 5) is 12.3. The topological polar surface area (TPSA) is 86.5 Å². The van der Waals surface area contributed by atoms with Gasteiger partial charge in [0.05, 0.1) is 19.8 Å². The second kappa shape index (κ2) is 7.63. The number of benzene rings is 2. The number of methoxy groups -OCH3 is 2. The molecule has 0 fully saturated rings. The average Bonchev–Trinajstić information content (AvgIpc) is 3.08. The standard InChI is InChI=1S/C17H13Cl2N3O4/c1-24-12-3-4-13(14(8-12)25-2)16-21-22-17(26-16)20-15(23)9-5-10(18)7-11(19)6-9/h3-8H,1-2H3,(H,20,22,23). The Morgan fingerprint density at radius 3 is 2.42 bits per heavy atom. The lowest BCUT2D eigenvalue weighted by Gasteiger charge is -2.07. The highest BCUT2D eigenvalue weighted by molar-refractivity contribution is 6.35. The van der Waals surface area contributed by atoms with Crippen LogP contribution in [-0.2, 0) is 0 Å². The Hall–Kier alpha value is -2.77. The first-order chi connectivity index (χ1) is 12.5. The molecule has 0 aliphatic heterocycles. The van der Waals surface area contributed by atoms with Crippen molar-refractivity contribution in [2.75, 3.05) is 19.5 Å². The molecule has 0 saturated heterocycles. The quantitative estimate of drug-likeness (QED) is 0.694. The zero-order valence-corrected chi connectivity index (χ0v) is 15.3. The van der Waals surface area contributed by atoms with Crippen LogP contribution in [0.25, 0.3) is 11.5 Å². The molecule has 1 N–H and O–H groups in total. The molecule has 0 bridgehead atoms. The fourth-order valence-electron chi connectivity index (χ4n) is 2.21. The van der Waals surface area contributed by atoms with E-state index < -0.39 is 5.91 Å². The molecule has 0 aliphatic rings. The lowest BCUT2D eigenvalue weighted by molar-refractivity contribution is 0.102. The van der Waals surface area contributed by atoms with Crippen molar-refractivity contribution in [1.29, 1.82) is 0 Å². The van der Waals surface area contributed by atoms with Crippen molar-refractivity contribution in [2.24, 2.45) is 0 Å². The van der Waals surface area contributed by atoms with E-state index in [9.17, 15) is 4.79 Å². The first kappa shape index (κ1) is 18.0. The van der Waals surface area contributed by atoms with Gasteiger partial charge in [0.15, 0.2) is 0 Å². The van der Waals surface area contributed by atoms with Gasteiger partial charge in [-0.2, -0.15) is 0 Å². The summed E-state index contributed by atoms with van der Waals surface area (Å²) in [7, 11) is 3.07. The molecule has 9 heteroatoms. The van der Waals surface area contributed by atoms with Crippen LogP contribution in [0.15, 0.2) is 40.8 Å². The minimum Gasteiger partial charge on any atom is -0.497 e. The fraction of sp³-hybridized carbons (Fsp3) is 0.118. The smallest absolute Gasteiger partial charge is 0.322 e. The van der Waals surface area contributed by atoms with Gasteiger partial charge in [0.25, 0.3) is 11.8 Å². The van der Waals surface area contributed by atoms with Crippen molar-refractivity contribution >= 4 is 35.1 Å². The number of halogens is 2. The van der Waals surface area contributed by atoms with Crippen molar-refractivity contribution in [3.05, 3.63) is 52.0 Å². The van der Waals surface area contributed by atoms with E-state index in [1.54, 1.807) is 25.3 Å². The molecule has 0 radical (unpaired) electrons. The molecule has 7 nitrogen and oxygen atoms in total. The van der Waals surface area contributed by atoms with Crippen molar-refractivity contribution in [2.45, 2.75) is 0 Å². The minimum atomic E-state index is -0.480. The van der Waals surface area contributed by atoms with Crippen LogP contribution in [0.1, 0.15) is 10.4 Å². The number of amides is 1. The second-order valence-corrected chi connectivity index (χ2v) is 5.96. The first-order valence-electron chi connectivity index (χ1n) is 7.33. The summed E-state index contributed by atoms with van der Waals surface area (Å²) in [6.45, 7) is 0. The molecule has 0 atom stereocenters. The van der Waals surface area contributed by atoms with Crippen molar-refractivity contribution in [3.63, 3.8) is 0 Å². The van der Waals surface area contributed by atoms with E-state index in [1.807, 2.05) is 0 Å². The number of carbonyl (C=O) groups excluding carboxylic acids is 1. The van der Waals surface area contributed by atoms with Gasteiger partial charge in [0, 0.05) is 21.7 Å². The van der Waals surface area contributed by atoms with Crippen LogP contribution >= 0.6 is 23.2 Å².